The second-order valence-corrected chi connectivity index (χ2v) is 4.64. The van der Waals surface area contributed by atoms with Crippen molar-refractivity contribution in [3.05, 3.63) is 70.3 Å². The number of ketones is 1. The number of benzene rings is 2. The summed E-state index contributed by atoms with van der Waals surface area (Å²) in [4.78, 5) is 11.6. The van der Waals surface area contributed by atoms with E-state index in [0.717, 1.165) is 17.5 Å². The first-order chi connectivity index (χ1) is 9.11. The summed E-state index contributed by atoms with van der Waals surface area (Å²) in [5.74, 6) is 0.00362. The van der Waals surface area contributed by atoms with Gasteiger partial charge in [0.15, 0.2) is 5.78 Å². The second-order valence-electron chi connectivity index (χ2n) is 4.64. The van der Waals surface area contributed by atoms with Crippen LogP contribution in [-0.2, 0) is 6.42 Å². The molecule has 0 amide bonds. The van der Waals surface area contributed by atoms with Crippen LogP contribution in [0.15, 0.2) is 42.5 Å². The molecule has 0 unspecified atom stereocenters. The maximum absolute atomic E-state index is 11.6. The van der Waals surface area contributed by atoms with Crippen molar-refractivity contribution >= 4 is 5.78 Å². The first-order valence-electron chi connectivity index (χ1n) is 6.20. The Morgan fingerprint density at radius 2 is 1.89 bits per heavy atom. The van der Waals surface area contributed by atoms with Gasteiger partial charge in [-0.25, -0.2) is 0 Å². The number of hydrogen-bond acceptors (Lipinski definition) is 2. The van der Waals surface area contributed by atoms with Gasteiger partial charge in [-0.05, 0) is 49.1 Å². The molecule has 2 aromatic rings. The summed E-state index contributed by atoms with van der Waals surface area (Å²) in [6, 6.07) is 15.7. The highest BCUT2D eigenvalue weighted by Crippen LogP contribution is 2.20. The van der Waals surface area contributed by atoms with Gasteiger partial charge >= 0.3 is 0 Å². The van der Waals surface area contributed by atoms with E-state index in [4.69, 9.17) is 5.26 Å². The molecule has 2 rings (SSSR count). The van der Waals surface area contributed by atoms with E-state index in [1.807, 2.05) is 43.3 Å². The summed E-state index contributed by atoms with van der Waals surface area (Å²) >= 11 is 0. The molecule has 0 bridgehead atoms. The lowest BCUT2D eigenvalue weighted by Gasteiger charge is -2.10. The normalized spacial score (nSPS) is 9.95. The molecule has 0 aliphatic carbocycles. The molecule has 2 heteroatoms. The number of rotatable bonds is 3. The minimum atomic E-state index is 0.00362. The molecular formula is C17H15NO. The molecule has 0 heterocycles. The number of hydrogen-bond donors (Lipinski definition) is 0. The minimum Gasteiger partial charge on any atom is -0.295 e. The fourth-order valence-electron chi connectivity index (χ4n) is 2.20. The predicted molar refractivity (Wildman–Crippen MR) is 75.1 cm³/mol. The van der Waals surface area contributed by atoms with Crippen molar-refractivity contribution in [3.8, 4) is 6.07 Å². The van der Waals surface area contributed by atoms with E-state index >= 15 is 0 Å². The van der Waals surface area contributed by atoms with Crippen molar-refractivity contribution in [2.45, 2.75) is 20.3 Å². The third-order valence-corrected chi connectivity index (χ3v) is 3.26. The van der Waals surface area contributed by atoms with Gasteiger partial charge in [-0.3, -0.25) is 4.79 Å². The Morgan fingerprint density at radius 3 is 2.47 bits per heavy atom. The van der Waals surface area contributed by atoms with E-state index < -0.39 is 0 Å². The van der Waals surface area contributed by atoms with Crippen LogP contribution in [0.5, 0.6) is 0 Å². The summed E-state index contributed by atoms with van der Waals surface area (Å²) in [6.07, 6.45) is 0.739. The SMILES string of the molecule is CC(=O)c1cc(C#N)cc(Cc2ccccc2)c1C. The smallest absolute Gasteiger partial charge is 0.160 e. The Morgan fingerprint density at radius 1 is 1.21 bits per heavy atom. The Labute approximate surface area is 113 Å². The Hall–Kier alpha value is -2.40. The molecule has 2 aromatic carbocycles. The van der Waals surface area contributed by atoms with Gasteiger partial charge in [0.05, 0.1) is 11.6 Å². The molecule has 0 atom stereocenters. The summed E-state index contributed by atoms with van der Waals surface area (Å²) in [5.41, 5.74) is 4.37. The largest absolute Gasteiger partial charge is 0.295 e. The molecule has 0 aliphatic rings. The number of Topliss-reactive ketones (excluding diaryl/α,β-unsaturated/α-hetero) is 1. The van der Waals surface area contributed by atoms with Crippen molar-refractivity contribution < 1.29 is 4.79 Å². The zero-order valence-electron chi connectivity index (χ0n) is 11.1. The van der Waals surface area contributed by atoms with Gasteiger partial charge in [0.1, 0.15) is 0 Å². The quantitative estimate of drug-likeness (QED) is 0.779. The van der Waals surface area contributed by atoms with E-state index in [2.05, 4.69) is 6.07 Å². The van der Waals surface area contributed by atoms with E-state index in [1.165, 1.54) is 12.5 Å². The third kappa shape index (κ3) is 2.89. The first kappa shape index (κ1) is 13.0. The van der Waals surface area contributed by atoms with Gasteiger partial charge in [-0.2, -0.15) is 5.26 Å². The standard InChI is InChI=1S/C17H15NO/c1-12-16(8-14-6-4-3-5-7-14)9-15(11-18)10-17(12)13(2)19/h3-7,9-10H,8H2,1-2H3. The van der Waals surface area contributed by atoms with Gasteiger partial charge in [-0.15, -0.1) is 0 Å². The molecule has 0 N–H and O–H groups in total. The molecule has 19 heavy (non-hydrogen) atoms. The zero-order valence-corrected chi connectivity index (χ0v) is 11.1. The highest BCUT2D eigenvalue weighted by atomic mass is 16.1. The highest BCUT2D eigenvalue weighted by molar-refractivity contribution is 5.96. The van der Waals surface area contributed by atoms with Crippen LogP contribution >= 0.6 is 0 Å². The molecular weight excluding hydrogens is 234 g/mol. The number of nitrogens with zero attached hydrogens (tertiary/aromatic N) is 1. The van der Waals surface area contributed by atoms with Crippen LogP contribution in [0.2, 0.25) is 0 Å². The van der Waals surface area contributed by atoms with Crippen LogP contribution in [0.3, 0.4) is 0 Å². The monoisotopic (exact) mass is 249 g/mol. The molecule has 0 aromatic heterocycles. The van der Waals surface area contributed by atoms with Crippen LogP contribution in [0.1, 0.15) is 39.5 Å². The lowest BCUT2D eigenvalue weighted by molar-refractivity contribution is 0.101. The maximum Gasteiger partial charge on any atom is 0.160 e. The fraction of sp³-hybridized carbons (Fsp3) is 0.176. The van der Waals surface area contributed by atoms with Crippen molar-refractivity contribution in [1.29, 1.82) is 5.26 Å². The average Bonchev–Trinajstić information content (AvgIpc) is 2.42. The molecule has 0 radical (unpaired) electrons. The highest BCUT2D eigenvalue weighted by Gasteiger charge is 2.11. The minimum absolute atomic E-state index is 0.00362. The number of carbonyl (C=O) groups excluding carboxylic acids is 1. The molecule has 0 saturated heterocycles. The molecule has 0 spiro atoms. The lowest BCUT2D eigenvalue weighted by atomic mass is 9.93. The van der Waals surface area contributed by atoms with E-state index in [-0.39, 0.29) is 5.78 Å². The van der Waals surface area contributed by atoms with Gasteiger partial charge in [0.2, 0.25) is 0 Å². The van der Waals surface area contributed by atoms with E-state index in [9.17, 15) is 4.79 Å². The van der Waals surface area contributed by atoms with Gasteiger partial charge in [0.25, 0.3) is 0 Å². The predicted octanol–water partition coefficient (Wildman–Crippen LogP) is 3.66. The summed E-state index contributed by atoms with van der Waals surface area (Å²) in [6.45, 7) is 3.48. The van der Waals surface area contributed by atoms with Crippen LogP contribution in [0.4, 0.5) is 0 Å². The van der Waals surface area contributed by atoms with Crippen molar-refractivity contribution in [1.82, 2.24) is 0 Å². The Bertz CT molecular complexity index is 651. The van der Waals surface area contributed by atoms with Gasteiger partial charge in [-0.1, -0.05) is 30.3 Å². The second kappa shape index (κ2) is 5.49. The van der Waals surface area contributed by atoms with Crippen LogP contribution in [0.25, 0.3) is 0 Å². The molecule has 0 aliphatic heterocycles. The van der Waals surface area contributed by atoms with Crippen LogP contribution < -0.4 is 0 Å². The molecule has 0 saturated carbocycles. The van der Waals surface area contributed by atoms with Crippen molar-refractivity contribution in [3.63, 3.8) is 0 Å². The van der Waals surface area contributed by atoms with Crippen molar-refractivity contribution in [2.24, 2.45) is 0 Å². The average molecular weight is 249 g/mol. The van der Waals surface area contributed by atoms with E-state index in [0.29, 0.717) is 11.1 Å². The fourth-order valence-corrected chi connectivity index (χ4v) is 2.20. The topological polar surface area (TPSA) is 40.9 Å². The Balaban J connectivity index is 2.48. The third-order valence-electron chi connectivity index (χ3n) is 3.26. The first-order valence-corrected chi connectivity index (χ1v) is 6.20. The molecule has 94 valence electrons. The van der Waals surface area contributed by atoms with E-state index in [1.54, 1.807) is 6.07 Å². The molecule has 2 nitrogen and oxygen atoms in total. The number of carbonyl (C=O) groups is 1. The Kier molecular flexibility index (Phi) is 3.77. The van der Waals surface area contributed by atoms with Gasteiger partial charge in [0, 0.05) is 5.56 Å². The maximum atomic E-state index is 11.6. The van der Waals surface area contributed by atoms with Gasteiger partial charge < -0.3 is 0 Å². The van der Waals surface area contributed by atoms with Crippen LogP contribution in [0, 0.1) is 18.3 Å². The van der Waals surface area contributed by atoms with Crippen LogP contribution in [-0.4, -0.2) is 5.78 Å². The molecule has 0 fully saturated rings. The number of nitriles is 1. The zero-order chi connectivity index (χ0) is 13.8. The lowest BCUT2D eigenvalue weighted by Crippen LogP contribution is -2.02. The van der Waals surface area contributed by atoms with Crippen molar-refractivity contribution in [2.75, 3.05) is 0 Å². The summed E-state index contributed by atoms with van der Waals surface area (Å²) in [5, 5.41) is 9.06. The summed E-state index contributed by atoms with van der Waals surface area (Å²) in [7, 11) is 0. The summed E-state index contributed by atoms with van der Waals surface area (Å²) < 4.78 is 0.